The lowest BCUT2D eigenvalue weighted by atomic mass is 10.0. The van der Waals surface area contributed by atoms with E-state index in [2.05, 4.69) is 43.9 Å². The summed E-state index contributed by atoms with van der Waals surface area (Å²) < 4.78 is 26.9. The molecule has 10 heteroatoms. The maximum absolute atomic E-state index is 11.9. The number of rotatable bonds is 5. The van der Waals surface area contributed by atoms with E-state index in [9.17, 15) is 5.11 Å². The van der Waals surface area contributed by atoms with Gasteiger partial charge in [0.15, 0.2) is 20.4 Å². The second-order valence-electron chi connectivity index (χ2n) is 10.5. The van der Waals surface area contributed by atoms with Crippen LogP contribution < -0.4 is 5.73 Å². The van der Waals surface area contributed by atoms with Crippen LogP contribution in [0.2, 0.25) is 18.1 Å². The van der Waals surface area contributed by atoms with Gasteiger partial charge in [-0.1, -0.05) is 51.1 Å². The molecule has 0 bridgehead atoms. The molecular weight excluding hydrogens is 452 g/mol. The van der Waals surface area contributed by atoms with Gasteiger partial charge in [-0.25, -0.2) is 9.50 Å². The normalized spacial score (nSPS) is 29.6. The van der Waals surface area contributed by atoms with Crippen LogP contribution in [0.4, 0.5) is 5.82 Å². The summed E-state index contributed by atoms with van der Waals surface area (Å²) in [5.41, 5.74) is 7.86. The summed E-state index contributed by atoms with van der Waals surface area (Å²) in [7, 11) is -2.06. The second-order valence-corrected chi connectivity index (χ2v) is 15.3. The molecule has 0 saturated carbocycles. The predicted molar refractivity (Wildman–Crippen MR) is 128 cm³/mol. The lowest BCUT2D eigenvalue weighted by molar-refractivity contribution is -0.269. The Balaban J connectivity index is 1.50. The van der Waals surface area contributed by atoms with Crippen molar-refractivity contribution in [2.24, 2.45) is 0 Å². The molecule has 2 aromatic heterocycles. The molecule has 4 heterocycles. The van der Waals surface area contributed by atoms with E-state index in [0.29, 0.717) is 17.0 Å². The van der Waals surface area contributed by atoms with Crippen LogP contribution in [-0.2, 0) is 24.4 Å². The van der Waals surface area contributed by atoms with Crippen LogP contribution in [-0.4, -0.2) is 52.9 Å². The summed E-state index contributed by atoms with van der Waals surface area (Å²) in [4.78, 5) is 4.03. The highest BCUT2D eigenvalue weighted by atomic mass is 28.4. The number of fused-ring (bicyclic) bond motifs is 2. The van der Waals surface area contributed by atoms with Crippen LogP contribution in [0.3, 0.4) is 0 Å². The van der Waals surface area contributed by atoms with Crippen LogP contribution in [0.15, 0.2) is 48.8 Å². The average molecular weight is 485 g/mol. The molecule has 2 fully saturated rings. The minimum atomic E-state index is -2.06. The molecule has 0 amide bonds. The van der Waals surface area contributed by atoms with Gasteiger partial charge in [0.2, 0.25) is 5.79 Å². The van der Waals surface area contributed by atoms with Crippen LogP contribution in [0.1, 0.15) is 38.3 Å². The SMILES string of the molecule is CC(C)(C)[Si](C)(C)OC[C@H]1OC(O)(c2ccc3c(N)ncnn23)[C@@H]2OC(c3ccccc3)O[C@@H]21. The van der Waals surface area contributed by atoms with Gasteiger partial charge in [-0.2, -0.15) is 5.10 Å². The first kappa shape index (κ1) is 23.4. The predicted octanol–water partition coefficient (Wildman–Crippen LogP) is 3.36. The third-order valence-corrected chi connectivity index (χ3v) is 11.8. The fourth-order valence-corrected chi connectivity index (χ4v) is 5.27. The zero-order valence-electron chi connectivity index (χ0n) is 20.1. The Morgan fingerprint density at radius 2 is 1.88 bits per heavy atom. The number of nitrogen functional groups attached to an aromatic ring is 1. The number of aromatic nitrogens is 3. The number of anilines is 1. The van der Waals surface area contributed by atoms with Gasteiger partial charge in [0.1, 0.15) is 35.8 Å². The van der Waals surface area contributed by atoms with Crippen molar-refractivity contribution in [2.75, 3.05) is 12.3 Å². The number of aliphatic hydroxyl groups is 1. The Bertz CT molecular complexity index is 1180. The standard InChI is InChI=1S/C24H32N4O5Si/c1-23(2,3)34(4,5)30-13-17-19-20(32-22(31-19)15-9-7-6-8-10-15)24(29,33-17)18-12-11-16-21(25)26-14-27-28(16)18/h6-12,14,17,19-20,22,29H,13H2,1-5H3,(H2,25,26,27)/t17-,19-,20-,22?,24?/m1/s1. The lowest BCUT2D eigenvalue weighted by Gasteiger charge is -2.37. The molecule has 3 aromatic rings. The van der Waals surface area contributed by atoms with Crippen LogP contribution in [0, 0.1) is 0 Å². The molecule has 5 rings (SSSR count). The quantitative estimate of drug-likeness (QED) is 0.530. The van der Waals surface area contributed by atoms with E-state index in [0.717, 1.165) is 5.56 Å². The Kier molecular flexibility index (Phi) is 5.58. The first-order chi connectivity index (χ1) is 16.0. The zero-order valence-corrected chi connectivity index (χ0v) is 21.1. The Labute approximate surface area is 199 Å². The highest BCUT2D eigenvalue weighted by Crippen LogP contribution is 2.49. The molecular formula is C24H32N4O5Si. The van der Waals surface area contributed by atoms with Gasteiger partial charge >= 0.3 is 0 Å². The first-order valence-corrected chi connectivity index (χ1v) is 14.4. The smallest absolute Gasteiger partial charge is 0.240 e. The molecule has 2 aliphatic rings. The van der Waals surface area contributed by atoms with Crippen molar-refractivity contribution in [1.29, 1.82) is 0 Å². The molecule has 2 aliphatic heterocycles. The van der Waals surface area contributed by atoms with Crippen molar-refractivity contribution in [3.63, 3.8) is 0 Å². The highest BCUT2D eigenvalue weighted by Gasteiger charge is 2.63. The maximum atomic E-state index is 11.9. The molecule has 0 aliphatic carbocycles. The van der Waals surface area contributed by atoms with E-state index < -0.39 is 38.7 Å². The average Bonchev–Trinajstić information content (AvgIpc) is 3.48. The molecule has 34 heavy (non-hydrogen) atoms. The van der Waals surface area contributed by atoms with Crippen molar-refractivity contribution in [2.45, 2.75) is 69.3 Å². The molecule has 9 nitrogen and oxygen atoms in total. The Morgan fingerprint density at radius 3 is 2.59 bits per heavy atom. The van der Waals surface area contributed by atoms with Crippen molar-refractivity contribution < 1.29 is 23.7 Å². The fourth-order valence-electron chi connectivity index (χ4n) is 4.25. The van der Waals surface area contributed by atoms with Gasteiger partial charge in [0, 0.05) is 5.56 Å². The molecule has 182 valence electrons. The van der Waals surface area contributed by atoms with Crippen molar-refractivity contribution >= 4 is 19.7 Å². The second kappa shape index (κ2) is 8.11. The number of ether oxygens (including phenoxy) is 3. The van der Waals surface area contributed by atoms with E-state index in [1.54, 1.807) is 12.1 Å². The third-order valence-electron chi connectivity index (χ3n) is 7.27. The fraction of sp³-hybridized carbons (Fsp3) is 0.500. The lowest BCUT2D eigenvalue weighted by Crippen LogP contribution is -2.44. The summed E-state index contributed by atoms with van der Waals surface area (Å²) in [6.07, 6.45) is -1.15. The minimum absolute atomic E-state index is 0.0348. The molecule has 5 atom stereocenters. The molecule has 3 N–H and O–H groups in total. The van der Waals surface area contributed by atoms with Crippen LogP contribution >= 0.6 is 0 Å². The molecule has 0 spiro atoms. The first-order valence-electron chi connectivity index (χ1n) is 11.5. The van der Waals surface area contributed by atoms with Crippen LogP contribution in [0.25, 0.3) is 5.52 Å². The van der Waals surface area contributed by atoms with Gasteiger partial charge in [-0.3, -0.25) is 0 Å². The highest BCUT2D eigenvalue weighted by molar-refractivity contribution is 6.74. The summed E-state index contributed by atoms with van der Waals surface area (Å²) in [5, 5.41) is 16.3. The van der Waals surface area contributed by atoms with Gasteiger partial charge in [0.25, 0.3) is 0 Å². The minimum Gasteiger partial charge on any atom is -0.414 e. The van der Waals surface area contributed by atoms with Crippen molar-refractivity contribution in [3.8, 4) is 0 Å². The summed E-state index contributed by atoms with van der Waals surface area (Å²) in [6, 6.07) is 13.2. The number of benzene rings is 1. The van der Waals surface area contributed by atoms with Gasteiger partial charge in [-0.15, -0.1) is 0 Å². The van der Waals surface area contributed by atoms with E-state index in [1.807, 2.05) is 30.3 Å². The Hall–Kier alpha value is -2.34. The van der Waals surface area contributed by atoms with Crippen molar-refractivity contribution in [3.05, 3.63) is 60.0 Å². The third kappa shape index (κ3) is 3.74. The number of nitrogens with zero attached hydrogens (tertiary/aromatic N) is 3. The summed E-state index contributed by atoms with van der Waals surface area (Å²) >= 11 is 0. The maximum Gasteiger partial charge on any atom is 0.240 e. The zero-order chi connectivity index (χ0) is 24.3. The summed E-state index contributed by atoms with van der Waals surface area (Å²) in [6.45, 7) is 11.2. The Morgan fingerprint density at radius 1 is 1.15 bits per heavy atom. The van der Waals surface area contributed by atoms with E-state index in [4.69, 9.17) is 24.4 Å². The van der Waals surface area contributed by atoms with E-state index >= 15 is 0 Å². The topological polar surface area (TPSA) is 113 Å². The van der Waals surface area contributed by atoms with Gasteiger partial charge < -0.3 is 29.5 Å². The largest absolute Gasteiger partial charge is 0.414 e. The van der Waals surface area contributed by atoms with E-state index in [1.165, 1.54) is 10.8 Å². The number of hydrogen-bond acceptors (Lipinski definition) is 8. The monoisotopic (exact) mass is 484 g/mol. The number of hydrogen-bond donors (Lipinski definition) is 2. The molecule has 2 saturated heterocycles. The molecule has 1 aromatic carbocycles. The van der Waals surface area contributed by atoms with Gasteiger partial charge in [-0.05, 0) is 30.3 Å². The molecule has 2 unspecified atom stereocenters. The summed E-state index contributed by atoms with van der Waals surface area (Å²) in [5.74, 6) is -1.51. The van der Waals surface area contributed by atoms with Crippen LogP contribution in [0.5, 0.6) is 0 Å². The van der Waals surface area contributed by atoms with E-state index in [-0.39, 0.29) is 11.6 Å². The van der Waals surface area contributed by atoms with Crippen molar-refractivity contribution in [1.82, 2.24) is 14.6 Å². The van der Waals surface area contributed by atoms with Gasteiger partial charge in [0.05, 0.1) is 6.61 Å². The molecule has 0 radical (unpaired) electrons. The number of nitrogens with two attached hydrogens (primary N) is 1.